The summed E-state index contributed by atoms with van der Waals surface area (Å²) in [5.41, 5.74) is 1.96. The molecule has 2 rings (SSSR count). The van der Waals surface area contributed by atoms with Gasteiger partial charge in [0.15, 0.2) is 0 Å². The highest BCUT2D eigenvalue weighted by Gasteiger charge is 2.27. The van der Waals surface area contributed by atoms with Gasteiger partial charge in [0, 0.05) is 23.1 Å². The van der Waals surface area contributed by atoms with Crippen LogP contribution in [0.5, 0.6) is 0 Å². The van der Waals surface area contributed by atoms with Gasteiger partial charge in [0.25, 0.3) is 0 Å². The summed E-state index contributed by atoms with van der Waals surface area (Å²) in [7, 11) is 0. The number of anilines is 1. The maximum atomic E-state index is 12.6. The fraction of sp³-hybridized carbons (Fsp3) is 0.391. The first-order chi connectivity index (χ1) is 12.6. The molecule has 0 bridgehead atoms. The molecule has 144 valence electrons. The van der Waals surface area contributed by atoms with Crippen molar-refractivity contribution >= 4 is 17.5 Å². The first-order valence-electron chi connectivity index (χ1n) is 9.30. The molecule has 0 radical (unpaired) electrons. The van der Waals surface area contributed by atoms with Gasteiger partial charge in [0.05, 0.1) is 0 Å². The molecule has 2 aromatic carbocycles. The second-order valence-electron chi connectivity index (χ2n) is 8.63. The van der Waals surface area contributed by atoms with Crippen molar-refractivity contribution in [1.29, 1.82) is 0 Å². The summed E-state index contributed by atoms with van der Waals surface area (Å²) in [4.78, 5) is 24.7. The molecule has 0 spiro atoms. The maximum absolute atomic E-state index is 12.6. The van der Waals surface area contributed by atoms with Crippen LogP contribution in [0.2, 0.25) is 0 Å². The fourth-order valence-corrected chi connectivity index (χ4v) is 2.63. The van der Waals surface area contributed by atoms with Crippen LogP contribution in [0.15, 0.2) is 54.6 Å². The van der Waals surface area contributed by atoms with E-state index in [0.29, 0.717) is 13.0 Å². The minimum atomic E-state index is -0.523. The Labute approximate surface area is 162 Å². The number of nitrogens with one attached hydrogen (secondary N) is 2. The molecule has 4 nitrogen and oxygen atoms in total. The minimum absolute atomic E-state index is 0.0177. The minimum Gasteiger partial charge on any atom is -0.352 e. The molecule has 0 saturated carbocycles. The highest BCUT2D eigenvalue weighted by Crippen LogP contribution is 2.24. The average Bonchev–Trinajstić information content (AvgIpc) is 2.61. The van der Waals surface area contributed by atoms with Crippen molar-refractivity contribution in [2.24, 2.45) is 10.8 Å². The van der Waals surface area contributed by atoms with E-state index >= 15 is 0 Å². The van der Waals surface area contributed by atoms with E-state index in [1.54, 1.807) is 0 Å². The predicted molar refractivity (Wildman–Crippen MR) is 110 cm³/mol. The lowest BCUT2D eigenvalue weighted by atomic mass is 9.84. The zero-order valence-electron chi connectivity index (χ0n) is 16.9. The summed E-state index contributed by atoms with van der Waals surface area (Å²) in [6.45, 7) is 10.1. The number of carbonyl (C=O) groups is 2. The molecule has 2 amide bonds. The van der Waals surface area contributed by atoms with Gasteiger partial charge < -0.3 is 10.6 Å². The number of hydrogen-bond acceptors (Lipinski definition) is 2. The Morgan fingerprint density at radius 3 is 1.93 bits per heavy atom. The van der Waals surface area contributed by atoms with E-state index in [9.17, 15) is 9.59 Å². The van der Waals surface area contributed by atoms with Crippen molar-refractivity contribution < 1.29 is 9.59 Å². The lowest BCUT2D eigenvalue weighted by molar-refractivity contribution is -0.129. The summed E-state index contributed by atoms with van der Waals surface area (Å²) in [6, 6.07) is 17.6. The van der Waals surface area contributed by atoms with Gasteiger partial charge in [-0.1, -0.05) is 77.1 Å². The molecule has 0 aliphatic carbocycles. The van der Waals surface area contributed by atoms with Gasteiger partial charge >= 0.3 is 0 Å². The first kappa shape index (κ1) is 20.7. The Hall–Kier alpha value is -2.62. The normalized spacial score (nSPS) is 11.7. The molecule has 0 fully saturated rings. The van der Waals surface area contributed by atoms with Crippen molar-refractivity contribution in [2.75, 3.05) is 5.32 Å². The van der Waals surface area contributed by atoms with E-state index in [-0.39, 0.29) is 11.8 Å². The van der Waals surface area contributed by atoms with Crippen molar-refractivity contribution in [3.63, 3.8) is 0 Å². The summed E-state index contributed by atoms with van der Waals surface area (Å²) in [5.74, 6) is 0.00679. The van der Waals surface area contributed by atoms with Crippen molar-refractivity contribution in [2.45, 2.75) is 47.6 Å². The van der Waals surface area contributed by atoms with Crippen LogP contribution < -0.4 is 10.6 Å². The number of rotatable bonds is 6. The summed E-state index contributed by atoms with van der Waals surface area (Å²) in [5, 5.41) is 5.93. The zero-order valence-corrected chi connectivity index (χ0v) is 16.9. The second kappa shape index (κ2) is 8.38. The van der Waals surface area contributed by atoms with Gasteiger partial charge in [-0.3, -0.25) is 9.59 Å². The van der Waals surface area contributed by atoms with Crippen LogP contribution in [0.25, 0.3) is 0 Å². The van der Waals surface area contributed by atoms with Gasteiger partial charge in [-0.25, -0.2) is 0 Å². The van der Waals surface area contributed by atoms with Crippen molar-refractivity contribution in [3.8, 4) is 0 Å². The third kappa shape index (κ3) is 6.24. The fourth-order valence-electron chi connectivity index (χ4n) is 2.63. The van der Waals surface area contributed by atoms with Crippen LogP contribution in [-0.2, 0) is 22.6 Å². The zero-order chi connectivity index (χ0) is 20.1. The smallest absolute Gasteiger partial charge is 0.229 e. The van der Waals surface area contributed by atoms with Crippen LogP contribution in [0, 0.1) is 10.8 Å². The topological polar surface area (TPSA) is 58.2 Å². The molecule has 0 unspecified atom stereocenters. The van der Waals surface area contributed by atoms with Gasteiger partial charge in [0.2, 0.25) is 11.8 Å². The highest BCUT2D eigenvalue weighted by atomic mass is 16.2. The molecule has 2 aromatic rings. The summed E-state index contributed by atoms with van der Waals surface area (Å²) < 4.78 is 0. The Morgan fingerprint density at radius 2 is 1.37 bits per heavy atom. The quantitative estimate of drug-likeness (QED) is 0.787. The standard InChI is InChI=1S/C23H30N2O2/c1-22(2,3)20(26)25-19-13-11-17(12-14-19)15-23(4,5)21(27)24-16-18-9-7-6-8-10-18/h6-14H,15-16H2,1-5H3,(H,24,27)(H,25,26). The number of benzene rings is 2. The van der Waals surface area contributed by atoms with E-state index in [4.69, 9.17) is 0 Å². The van der Waals surface area contributed by atoms with E-state index < -0.39 is 10.8 Å². The molecule has 0 aliphatic heterocycles. The summed E-state index contributed by atoms with van der Waals surface area (Å²) >= 11 is 0. The van der Waals surface area contributed by atoms with Gasteiger partial charge in [-0.05, 0) is 29.7 Å². The van der Waals surface area contributed by atoms with Crippen LogP contribution in [-0.4, -0.2) is 11.8 Å². The monoisotopic (exact) mass is 366 g/mol. The van der Waals surface area contributed by atoms with Crippen molar-refractivity contribution in [1.82, 2.24) is 5.32 Å². The van der Waals surface area contributed by atoms with Gasteiger partial charge in [-0.15, -0.1) is 0 Å². The van der Waals surface area contributed by atoms with Crippen LogP contribution in [0.1, 0.15) is 45.7 Å². The molecule has 27 heavy (non-hydrogen) atoms. The average molecular weight is 367 g/mol. The maximum Gasteiger partial charge on any atom is 0.229 e. The highest BCUT2D eigenvalue weighted by molar-refractivity contribution is 5.94. The van der Waals surface area contributed by atoms with Gasteiger partial charge in [-0.2, -0.15) is 0 Å². The summed E-state index contributed by atoms with van der Waals surface area (Å²) in [6.07, 6.45) is 0.626. The van der Waals surface area contributed by atoms with E-state index in [0.717, 1.165) is 16.8 Å². The van der Waals surface area contributed by atoms with Crippen LogP contribution in [0.3, 0.4) is 0 Å². The molecule has 0 saturated heterocycles. The van der Waals surface area contributed by atoms with Crippen molar-refractivity contribution in [3.05, 3.63) is 65.7 Å². The molecule has 2 N–H and O–H groups in total. The van der Waals surface area contributed by atoms with Crippen LogP contribution in [0.4, 0.5) is 5.69 Å². The predicted octanol–water partition coefficient (Wildman–Crippen LogP) is 4.56. The molecule has 0 atom stereocenters. The third-order valence-corrected chi connectivity index (χ3v) is 4.45. The van der Waals surface area contributed by atoms with E-state index in [1.807, 2.05) is 89.2 Å². The largest absolute Gasteiger partial charge is 0.352 e. The number of amides is 2. The Morgan fingerprint density at radius 1 is 0.778 bits per heavy atom. The molecule has 0 heterocycles. The molecule has 4 heteroatoms. The SMILES string of the molecule is CC(C)(C)C(=O)Nc1ccc(CC(C)(C)C(=O)NCc2ccccc2)cc1. The molecule has 0 aliphatic rings. The number of carbonyl (C=O) groups excluding carboxylic acids is 2. The Kier molecular flexibility index (Phi) is 6.42. The Balaban J connectivity index is 1.94. The third-order valence-electron chi connectivity index (χ3n) is 4.45. The van der Waals surface area contributed by atoms with E-state index in [1.165, 1.54) is 0 Å². The molecular formula is C23H30N2O2. The number of hydrogen-bond donors (Lipinski definition) is 2. The van der Waals surface area contributed by atoms with E-state index in [2.05, 4.69) is 10.6 Å². The lowest BCUT2D eigenvalue weighted by Gasteiger charge is -2.24. The Bertz CT molecular complexity index is 772. The molecule has 0 aromatic heterocycles. The lowest BCUT2D eigenvalue weighted by Crippen LogP contribution is -2.38. The second-order valence-corrected chi connectivity index (χ2v) is 8.63. The first-order valence-corrected chi connectivity index (χ1v) is 9.30. The molecular weight excluding hydrogens is 336 g/mol. The van der Waals surface area contributed by atoms with Crippen LogP contribution >= 0.6 is 0 Å². The van der Waals surface area contributed by atoms with Gasteiger partial charge in [0.1, 0.15) is 0 Å².